The molecule has 3 nitrogen and oxygen atoms in total. The summed E-state index contributed by atoms with van der Waals surface area (Å²) >= 11 is 0. The van der Waals surface area contributed by atoms with Crippen LogP contribution in [-0.4, -0.2) is 4.98 Å². The molecule has 0 amide bonds. The van der Waals surface area contributed by atoms with Crippen LogP contribution in [0.1, 0.15) is 5.56 Å². The number of nitriles is 1. The van der Waals surface area contributed by atoms with Crippen LogP contribution in [-0.2, 0) is 0 Å². The highest BCUT2D eigenvalue weighted by Gasteiger charge is 2.08. The van der Waals surface area contributed by atoms with Gasteiger partial charge >= 0.3 is 0 Å². The van der Waals surface area contributed by atoms with Crippen LogP contribution in [0.25, 0.3) is 44.2 Å². The zero-order valence-electron chi connectivity index (χ0n) is 14.4. The van der Waals surface area contributed by atoms with E-state index in [4.69, 9.17) is 9.68 Å². The van der Waals surface area contributed by atoms with Crippen molar-refractivity contribution in [1.82, 2.24) is 4.98 Å². The lowest BCUT2D eigenvalue weighted by atomic mass is 10.00. The van der Waals surface area contributed by atoms with E-state index in [1.54, 1.807) is 12.4 Å². The number of fused-ring (bicyclic) bond motifs is 3. The summed E-state index contributed by atoms with van der Waals surface area (Å²) in [5, 5.41) is 11.3. The highest BCUT2D eigenvalue weighted by Crippen LogP contribution is 2.32. The molecule has 0 bridgehead atoms. The van der Waals surface area contributed by atoms with E-state index in [1.807, 2.05) is 24.3 Å². The van der Waals surface area contributed by atoms with Crippen LogP contribution >= 0.6 is 0 Å². The molecule has 3 aromatic carbocycles. The van der Waals surface area contributed by atoms with E-state index in [0.717, 1.165) is 44.2 Å². The first kappa shape index (κ1) is 15.4. The fourth-order valence-electron chi connectivity index (χ4n) is 3.42. The van der Waals surface area contributed by atoms with Gasteiger partial charge in [-0.15, -0.1) is 0 Å². The molecule has 5 aromatic rings. The van der Waals surface area contributed by atoms with Gasteiger partial charge in [0.05, 0.1) is 5.56 Å². The minimum Gasteiger partial charge on any atom is -0.456 e. The van der Waals surface area contributed by atoms with Crippen molar-refractivity contribution in [1.29, 1.82) is 5.26 Å². The molecule has 2 aromatic heterocycles. The fraction of sp³-hybridized carbons (Fsp3) is 0. The van der Waals surface area contributed by atoms with Gasteiger partial charge in [0.15, 0.2) is 0 Å². The van der Waals surface area contributed by atoms with Gasteiger partial charge in [0.25, 0.3) is 0 Å². The van der Waals surface area contributed by atoms with E-state index < -0.39 is 0 Å². The first-order valence-corrected chi connectivity index (χ1v) is 8.69. The van der Waals surface area contributed by atoms with Gasteiger partial charge in [-0.25, -0.2) is 0 Å². The van der Waals surface area contributed by atoms with E-state index in [-0.39, 0.29) is 0 Å². The molecule has 3 heteroatoms. The normalized spacial score (nSPS) is 10.9. The van der Waals surface area contributed by atoms with E-state index in [2.05, 4.69) is 59.6 Å². The molecule has 27 heavy (non-hydrogen) atoms. The number of furan rings is 1. The Morgan fingerprint density at radius 3 is 2.19 bits per heavy atom. The average Bonchev–Trinajstić information content (AvgIpc) is 3.12. The third-order valence-electron chi connectivity index (χ3n) is 4.80. The smallest absolute Gasteiger partial charge is 0.136 e. The molecule has 0 aliphatic rings. The molecule has 0 saturated carbocycles. The standard InChI is InChI=1S/C24H14N2O/c25-13-16-11-20(15-26-14-16)18-7-5-17(6-8-18)19-9-10-22-21-3-1-2-4-23(21)27-24(22)12-19/h1-12,14-15H. The van der Waals surface area contributed by atoms with Crippen LogP contribution < -0.4 is 0 Å². The second kappa shape index (κ2) is 6.12. The van der Waals surface area contributed by atoms with Gasteiger partial charge in [0, 0.05) is 28.7 Å². The molecule has 0 spiro atoms. The number of hydrogen-bond donors (Lipinski definition) is 0. The lowest BCUT2D eigenvalue weighted by Crippen LogP contribution is -1.84. The Morgan fingerprint density at radius 1 is 0.667 bits per heavy atom. The predicted molar refractivity (Wildman–Crippen MR) is 107 cm³/mol. The summed E-state index contributed by atoms with van der Waals surface area (Å²) in [7, 11) is 0. The van der Waals surface area contributed by atoms with Gasteiger partial charge in [-0.1, -0.05) is 48.5 Å². The minimum atomic E-state index is 0.562. The number of para-hydroxylation sites is 1. The Labute approximate surface area is 156 Å². The average molecular weight is 346 g/mol. The lowest BCUT2D eigenvalue weighted by molar-refractivity contribution is 0.669. The number of hydrogen-bond acceptors (Lipinski definition) is 3. The lowest BCUT2D eigenvalue weighted by Gasteiger charge is -2.05. The number of aromatic nitrogens is 1. The fourth-order valence-corrected chi connectivity index (χ4v) is 3.42. The molecular formula is C24H14N2O. The third kappa shape index (κ3) is 2.65. The molecule has 2 heterocycles. The summed E-state index contributed by atoms with van der Waals surface area (Å²) in [5.41, 5.74) is 6.56. The molecule has 0 fully saturated rings. The van der Waals surface area contributed by atoms with Gasteiger partial charge in [-0.05, 0) is 41.0 Å². The zero-order chi connectivity index (χ0) is 18.2. The summed E-state index contributed by atoms with van der Waals surface area (Å²) in [6, 6.07) is 26.7. The Balaban J connectivity index is 1.54. The molecule has 0 radical (unpaired) electrons. The first-order valence-electron chi connectivity index (χ1n) is 8.69. The van der Waals surface area contributed by atoms with Crippen molar-refractivity contribution in [2.75, 3.05) is 0 Å². The second-order valence-electron chi connectivity index (χ2n) is 6.46. The molecule has 0 aliphatic carbocycles. The number of nitrogens with zero attached hydrogens (tertiary/aromatic N) is 2. The van der Waals surface area contributed by atoms with Gasteiger partial charge in [-0.3, -0.25) is 4.98 Å². The van der Waals surface area contributed by atoms with Crippen molar-refractivity contribution in [3.63, 3.8) is 0 Å². The monoisotopic (exact) mass is 346 g/mol. The summed E-state index contributed by atoms with van der Waals surface area (Å²) in [5.74, 6) is 0. The number of rotatable bonds is 2. The van der Waals surface area contributed by atoms with Gasteiger partial charge in [0.1, 0.15) is 17.2 Å². The molecule has 0 aliphatic heterocycles. The van der Waals surface area contributed by atoms with Crippen molar-refractivity contribution in [2.24, 2.45) is 0 Å². The third-order valence-corrected chi connectivity index (χ3v) is 4.80. The Hall–Kier alpha value is -3.90. The van der Waals surface area contributed by atoms with Gasteiger partial charge < -0.3 is 4.42 Å². The summed E-state index contributed by atoms with van der Waals surface area (Å²) in [4.78, 5) is 4.13. The van der Waals surface area contributed by atoms with Crippen molar-refractivity contribution >= 4 is 21.9 Å². The Morgan fingerprint density at radius 2 is 1.37 bits per heavy atom. The largest absolute Gasteiger partial charge is 0.456 e. The molecule has 0 unspecified atom stereocenters. The number of pyridine rings is 1. The highest BCUT2D eigenvalue weighted by atomic mass is 16.3. The summed E-state index contributed by atoms with van der Waals surface area (Å²) in [6.45, 7) is 0. The summed E-state index contributed by atoms with van der Waals surface area (Å²) < 4.78 is 5.99. The van der Waals surface area contributed by atoms with Gasteiger partial charge in [0.2, 0.25) is 0 Å². The minimum absolute atomic E-state index is 0.562. The zero-order valence-corrected chi connectivity index (χ0v) is 14.4. The van der Waals surface area contributed by atoms with E-state index >= 15 is 0 Å². The SMILES string of the molecule is N#Cc1cncc(-c2ccc(-c3ccc4c(c3)oc3ccccc34)cc2)c1. The van der Waals surface area contributed by atoms with Crippen molar-refractivity contribution in [3.8, 4) is 28.3 Å². The first-order chi connectivity index (χ1) is 13.3. The molecule has 5 rings (SSSR count). The number of benzene rings is 3. The maximum absolute atomic E-state index is 9.04. The van der Waals surface area contributed by atoms with E-state index in [0.29, 0.717) is 5.56 Å². The van der Waals surface area contributed by atoms with E-state index in [9.17, 15) is 0 Å². The van der Waals surface area contributed by atoms with Crippen LogP contribution in [0.15, 0.2) is 89.6 Å². The quantitative estimate of drug-likeness (QED) is 0.383. The van der Waals surface area contributed by atoms with Crippen molar-refractivity contribution in [3.05, 3.63) is 90.8 Å². The molecule has 0 N–H and O–H groups in total. The second-order valence-corrected chi connectivity index (χ2v) is 6.46. The van der Waals surface area contributed by atoms with Crippen molar-refractivity contribution < 1.29 is 4.42 Å². The van der Waals surface area contributed by atoms with Gasteiger partial charge in [-0.2, -0.15) is 5.26 Å². The maximum atomic E-state index is 9.04. The van der Waals surface area contributed by atoms with Crippen LogP contribution in [0.5, 0.6) is 0 Å². The predicted octanol–water partition coefficient (Wildman–Crippen LogP) is 6.19. The molecule has 0 atom stereocenters. The van der Waals surface area contributed by atoms with Crippen LogP contribution in [0, 0.1) is 11.3 Å². The van der Waals surface area contributed by atoms with Crippen LogP contribution in [0.2, 0.25) is 0 Å². The van der Waals surface area contributed by atoms with Crippen LogP contribution in [0.3, 0.4) is 0 Å². The molecule has 0 saturated heterocycles. The van der Waals surface area contributed by atoms with Crippen molar-refractivity contribution in [2.45, 2.75) is 0 Å². The van der Waals surface area contributed by atoms with Crippen LogP contribution in [0.4, 0.5) is 0 Å². The maximum Gasteiger partial charge on any atom is 0.136 e. The Bertz CT molecular complexity index is 1320. The van der Waals surface area contributed by atoms with E-state index in [1.165, 1.54) is 0 Å². The molecule has 126 valence electrons. The topological polar surface area (TPSA) is 49.8 Å². The Kier molecular flexibility index (Phi) is 3.48. The summed E-state index contributed by atoms with van der Waals surface area (Å²) in [6.07, 6.45) is 3.34. The molecular weight excluding hydrogens is 332 g/mol. The highest BCUT2D eigenvalue weighted by molar-refractivity contribution is 6.05.